The van der Waals surface area contributed by atoms with E-state index in [9.17, 15) is 5.21 Å². The van der Waals surface area contributed by atoms with Crippen LogP contribution in [0.15, 0.2) is 64.6 Å². The first-order valence-corrected chi connectivity index (χ1v) is 7.94. The molecule has 0 aliphatic rings. The van der Waals surface area contributed by atoms with Gasteiger partial charge in [0.25, 0.3) is 0 Å². The molecule has 0 aromatic heterocycles. The maximum atomic E-state index is 9.26. The Hall–Kier alpha value is -1.94. The van der Waals surface area contributed by atoms with Crippen LogP contribution in [-0.4, -0.2) is 23.3 Å². The van der Waals surface area contributed by atoms with Crippen LogP contribution in [0.3, 0.4) is 0 Å². The third-order valence-electron chi connectivity index (χ3n) is 2.88. The number of oxime groups is 1. The standard InChI is InChI=1S/C17H19NO2S/c1-2-11-20-15-8-6-7-14(12-15)17(18-19)13-21-16-9-4-3-5-10-16/h3-10,12,19H,2,11,13H2,1H3/b18-17+. The maximum absolute atomic E-state index is 9.26. The van der Waals surface area contributed by atoms with Crippen LogP contribution in [-0.2, 0) is 0 Å². The quantitative estimate of drug-likeness (QED) is 0.355. The van der Waals surface area contributed by atoms with Crippen LogP contribution in [0, 0.1) is 0 Å². The van der Waals surface area contributed by atoms with Crippen molar-refractivity contribution in [3.05, 3.63) is 60.2 Å². The minimum absolute atomic E-state index is 0.609. The Morgan fingerprint density at radius 3 is 2.67 bits per heavy atom. The predicted octanol–water partition coefficient (Wildman–Crippen LogP) is 4.45. The molecule has 0 spiro atoms. The Bertz CT molecular complexity index is 584. The zero-order valence-electron chi connectivity index (χ0n) is 12.0. The average Bonchev–Trinajstić information content (AvgIpc) is 2.55. The second-order valence-electron chi connectivity index (χ2n) is 4.52. The van der Waals surface area contributed by atoms with E-state index in [4.69, 9.17) is 4.74 Å². The van der Waals surface area contributed by atoms with Gasteiger partial charge in [0.2, 0.25) is 0 Å². The molecule has 21 heavy (non-hydrogen) atoms. The first kappa shape index (κ1) is 15.4. The Kier molecular flexibility index (Phi) is 6.16. The molecule has 0 unspecified atom stereocenters. The fraction of sp³-hybridized carbons (Fsp3) is 0.235. The van der Waals surface area contributed by atoms with Gasteiger partial charge in [0.1, 0.15) is 5.75 Å². The summed E-state index contributed by atoms with van der Waals surface area (Å²) in [6.45, 7) is 2.76. The summed E-state index contributed by atoms with van der Waals surface area (Å²) in [6.07, 6.45) is 0.967. The van der Waals surface area contributed by atoms with Crippen LogP contribution < -0.4 is 4.74 Å². The van der Waals surface area contributed by atoms with Gasteiger partial charge in [-0.3, -0.25) is 0 Å². The summed E-state index contributed by atoms with van der Waals surface area (Å²) in [4.78, 5) is 1.15. The predicted molar refractivity (Wildman–Crippen MR) is 87.7 cm³/mol. The van der Waals surface area contributed by atoms with Gasteiger partial charge in [-0.1, -0.05) is 42.4 Å². The first-order chi connectivity index (χ1) is 10.3. The van der Waals surface area contributed by atoms with Crippen LogP contribution in [0.25, 0.3) is 0 Å². The lowest BCUT2D eigenvalue weighted by molar-refractivity contribution is 0.316. The summed E-state index contributed by atoms with van der Waals surface area (Å²) in [7, 11) is 0. The van der Waals surface area contributed by atoms with Crippen molar-refractivity contribution in [2.24, 2.45) is 5.16 Å². The summed E-state index contributed by atoms with van der Waals surface area (Å²) >= 11 is 1.64. The van der Waals surface area contributed by atoms with Gasteiger partial charge in [0.15, 0.2) is 0 Å². The number of thioether (sulfide) groups is 1. The molecule has 0 saturated carbocycles. The lowest BCUT2D eigenvalue weighted by Crippen LogP contribution is -2.05. The van der Waals surface area contributed by atoms with Crippen molar-refractivity contribution in [1.82, 2.24) is 0 Å². The van der Waals surface area contributed by atoms with Gasteiger partial charge in [0, 0.05) is 16.2 Å². The van der Waals surface area contributed by atoms with Crippen LogP contribution in [0.1, 0.15) is 18.9 Å². The van der Waals surface area contributed by atoms with Gasteiger partial charge in [0.05, 0.1) is 12.3 Å². The molecule has 0 aliphatic heterocycles. The third kappa shape index (κ3) is 4.83. The highest BCUT2D eigenvalue weighted by atomic mass is 32.2. The van der Waals surface area contributed by atoms with Gasteiger partial charge in [-0.2, -0.15) is 0 Å². The summed E-state index contributed by atoms with van der Waals surface area (Å²) < 4.78 is 5.61. The molecule has 2 aromatic carbocycles. The molecule has 0 fully saturated rings. The Balaban J connectivity index is 2.04. The van der Waals surface area contributed by atoms with Gasteiger partial charge in [-0.05, 0) is 30.7 Å². The summed E-state index contributed by atoms with van der Waals surface area (Å²) in [5.74, 6) is 1.41. The van der Waals surface area contributed by atoms with E-state index < -0.39 is 0 Å². The SMILES string of the molecule is CCCOc1cccc(/C(CSc2ccccc2)=N/O)c1. The number of nitrogens with zero attached hydrogens (tertiary/aromatic N) is 1. The first-order valence-electron chi connectivity index (χ1n) is 6.95. The molecule has 0 saturated heterocycles. The van der Waals surface area contributed by atoms with Crippen LogP contribution in [0.5, 0.6) is 5.75 Å². The van der Waals surface area contributed by atoms with Gasteiger partial charge >= 0.3 is 0 Å². The Morgan fingerprint density at radius 1 is 1.14 bits per heavy atom. The molecular formula is C17H19NO2S. The number of hydrogen-bond acceptors (Lipinski definition) is 4. The van der Waals surface area contributed by atoms with E-state index >= 15 is 0 Å². The van der Waals surface area contributed by atoms with Crippen molar-refractivity contribution in [2.45, 2.75) is 18.2 Å². The molecule has 0 amide bonds. The largest absolute Gasteiger partial charge is 0.494 e. The fourth-order valence-electron chi connectivity index (χ4n) is 1.82. The van der Waals surface area contributed by atoms with Crippen molar-refractivity contribution in [3.8, 4) is 5.75 Å². The van der Waals surface area contributed by atoms with E-state index in [2.05, 4.69) is 12.1 Å². The highest BCUT2D eigenvalue weighted by molar-refractivity contribution is 8.00. The molecule has 3 nitrogen and oxygen atoms in total. The Labute approximate surface area is 129 Å². The summed E-state index contributed by atoms with van der Waals surface area (Å²) in [5, 5.41) is 12.7. The zero-order valence-corrected chi connectivity index (χ0v) is 12.8. The normalized spacial score (nSPS) is 11.4. The van der Waals surface area contributed by atoms with Crippen molar-refractivity contribution in [2.75, 3.05) is 12.4 Å². The number of ether oxygens (including phenoxy) is 1. The number of rotatable bonds is 7. The van der Waals surface area contributed by atoms with E-state index in [0.717, 1.165) is 22.6 Å². The molecular weight excluding hydrogens is 282 g/mol. The van der Waals surface area contributed by atoms with Crippen LogP contribution >= 0.6 is 11.8 Å². The molecule has 0 atom stereocenters. The molecule has 2 rings (SSSR count). The molecule has 0 heterocycles. The third-order valence-corrected chi connectivity index (χ3v) is 3.90. The van der Waals surface area contributed by atoms with Crippen LogP contribution in [0.4, 0.5) is 0 Å². The minimum Gasteiger partial charge on any atom is -0.494 e. The summed E-state index contributed by atoms with van der Waals surface area (Å²) in [5.41, 5.74) is 1.53. The van der Waals surface area contributed by atoms with Crippen molar-refractivity contribution in [1.29, 1.82) is 0 Å². The monoisotopic (exact) mass is 301 g/mol. The van der Waals surface area contributed by atoms with E-state index in [1.54, 1.807) is 11.8 Å². The average molecular weight is 301 g/mol. The topological polar surface area (TPSA) is 41.8 Å². The molecule has 4 heteroatoms. The molecule has 2 aromatic rings. The Morgan fingerprint density at radius 2 is 1.95 bits per heavy atom. The van der Waals surface area contributed by atoms with E-state index in [1.807, 2.05) is 54.6 Å². The second-order valence-corrected chi connectivity index (χ2v) is 5.57. The lowest BCUT2D eigenvalue weighted by atomic mass is 10.1. The zero-order chi connectivity index (χ0) is 14.9. The van der Waals surface area contributed by atoms with E-state index in [1.165, 1.54) is 0 Å². The molecule has 110 valence electrons. The summed E-state index contributed by atoms with van der Waals surface area (Å²) in [6, 6.07) is 17.7. The number of benzene rings is 2. The van der Waals surface area contributed by atoms with Gasteiger partial charge in [-0.25, -0.2) is 0 Å². The molecule has 0 radical (unpaired) electrons. The molecule has 0 aliphatic carbocycles. The maximum Gasteiger partial charge on any atom is 0.119 e. The molecule has 0 bridgehead atoms. The van der Waals surface area contributed by atoms with Crippen molar-refractivity contribution in [3.63, 3.8) is 0 Å². The van der Waals surface area contributed by atoms with Gasteiger partial charge in [-0.15, -0.1) is 11.8 Å². The van der Waals surface area contributed by atoms with Crippen molar-refractivity contribution >= 4 is 17.5 Å². The smallest absolute Gasteiger partial charge is 0.119 e. The highest BCUT2D eigenvalue weighted by Crippen LogP contribution is 2.21. The van der Waals surface area contributed by atoms with E-state index in [0.29, 0.717) is 18.1 Å². The fourth-order valence-corrected chi connectivity index (χ4v) is 2.70. The van der Waals surface area contributed by atoms with Crippen molar-refractivity contribution < 1.29 is 9.94 Å². The minimum atomic E-state index is 0.609. The molecule has 1 N–H and O–H groups in total. The van der Waals surface area contributed by atoms with Crippen LogP contribution in [0.2, 0.25) is 0 Å². The highest BCUT2D eigenvalue weighted by Gasteiger charge is 2.07. The number of hydrogen-bond donors (Lipinski definition) is 1. The lowest BCUT2D eigenvalue weighted by Gasteiger charge is -2.08. The second kappa shape index (κ2) is 8.37. The van der Waals surface area contributed by atoms with E-state index in [-0.39, 0.29) is 0 Å². The van der Waals surface area contributed by atoms with Gasteiger partial charge < -0.3 is 9.94 Å².